The van der Waals surface area contributed by atoms with E-state index in [-0.39, 0.29) is 47.7 Å². The van der Waals surface area contributed by atoms with Crippen molar-refractivity contribution in [3.8, 4) is 0 Å². The smallest absolute Gasteiger partial charge is 0.307 e. The zero-order chi connectivity index (χ0) is 23.3. The number of halogens is 2. The molecule has 0 amide bonds. The first-order valence-corrected chi connectivity index (χ1v) is 13.6. The van der Waals surface area contributed by atoms with E-state index in [4.69, 9.17) is 41.3 Å². The molecule has 1 aromatic carbocycles. The molecule has 0 fully saturated rings. The van der Waals surface area contributed by atoms with Crippen LogP contribution in [0.1, 0.15) is 44.5 Å². The minimum atomic E-state index is -4.23. The summed E-state index contributed by atoms with van der Waals surface area (Å²) in [6, 6.07) is 4.61. The number of carbonyl (C=O) groups is 1. The van der Waals surface area contributed by atoms with Gasteiger partial charge in [0, 0.05) is 6.42 Å². The molecule has 13 heteroatoms. The Morgan fingerprint density at radius 3 is 1.77 bits per heavy atom. The lowest BCUT2D eigenvalue weighted by atomic mass is 10.0. The highest BCUT2D eigenvalue weighted by molar-refractivity contribution is 7.74. The Labute approximate surface area is 191 Å². The van der Waals surface area contributed by atoms with Crippen molar-refractivity contribution in [2.75, 3.05) is 26.4 Å². The molecule has 1 heterocycles. The fourth-order valence-electron chi connectivity index (χ4n) is 3.11. The molecule has 174 valence electrons. The van der Waals surface area contributed by atoms with E-state index in [1.54, 1.807) is 33.8 Å². The van der Waals surface area contributed by atoms with Crippen LogP contribution in [0.4, 0.5) is 0 Å². The molecule has 0 spiro atoms. The summed E-state index contributed by atoms with van der Waals surface area (Å²) in [5.41, 5.74) is 2.49. The Kier molecular flexibility index (Phi) is 9.32. The maximum Gasteiger partial charge on any atom is 0.370 e. The minimum absolute atomic E-state index is 0.0153. The third kappa shape index (κ3) is 4.94. The lowest BCUT2D eigenvalue weighted by molar-refractivity contribution is 0.106. The first kappa shape index (κ1) is 26.5. The molecule has 0 saturated carbocycles. The standard InChI is InChI=1S/C18H26Cl2N2O7P2/c1-5-26-30(24,27-6-2)18(31(25,28-7-3)29-8-4)12-15(21-22-18)17(23)16-13(19)10-9-11-14(16)20/h9-11,22H,5-8,12H2,1-4H3. The Morgan fingerprint density at radius 1 is 0.968 bits per heavy atom. The van der Waals surface area contributed by atoms with Gasteiger partial charge in [0.05, 0.1) is 42.0 Å². The Morgan fingerprint density at radius 2 is 1.39 bits per heavy atom. The summed E-state index contributed by atoms with van der Waals surface area (Å²) in [6.07, 6.45) is -0.415. The molecule has 0 aromatic heterocycles. The van der Waals surface area contributed by atoms with Crippen LogP contribution < -0.4 is 5.43 Å². The summed E-state index contributed by atoms with van der Waals surface area (Å²) in [7, 11) is -8.46. The van der Waals surface area contributed by atoms with Crippen LogP contribution in [0.2, 0.25) is 10.0 Å². The number of rotatable bonds is 12. The first-order valence-electron chi connectivity index (χ1n) is 9.76. The maximum atomic E-state index is 13.9. The topological polar surface area (TPSA) is 113 Å². The van der Waals surface area contributed by atoms with Crippen LogP contribution in [0.3, 0.4) is 0 Å². The van der Waals surface area contributed by atoms with Gasteiger partial charge < -0.3 is 18.1 Å². The summed E-state index contributed by atoms with van der Waals surface area (Å²) >= 11 is 12.3. The van der Waals surface area contributed by atoms with Gasteiger partial charge in [-0.25, -0.2) is 0 Å². The molecule has 9 nitrogen and oxygen atoms in total. The highest BCUT2D eigenvalue weighted by Crippen LogP contribution is 2.78. The van der Waals surface area contributed by atoms with Crippen molar-refractivity contribution >= 4 is 49.9 Å². The summed E-state index contributed by atoms with van der Waals surface area (Å²) in [5, 5.41) is 2.22. The fraction of sp³-hybridized carbons (Fsp3) is 0.556. The third-order valence-corrected chi connectivity index (χ3v) is 11.2. The van der Waals surface area contributed by atoms with Crippen molar-refractivity contribution in [3.05, 3.63) is 33.8 Å². The molecule has 0 bridgehead atoms. The van der Waals surface area contributed by atoms with Gasteiger partial charge in [-0.15, -0.1) is 0 Å². The van der Waals surface area contributed by atoms with Gasteiger partial charge >= 0.3 is 15.2 Å². The maximum absolute atomic E-state index is 13.9. The van der Waals surface area contributed by atoms with E-state index in [2.05, 4.69) is 10.5 Å². The number of nitrogens with zero attached hydrogens (tertiary/aromatic N) is 1. The second-order valence-electron chi connectivity index (χ2n) is 6.26. The zero-order valence-corrected chi connectivity index (χ0v) is 21.0. The van der Waals surface area contributed by atoms with E-state index in [1.165, 1.54) is 12.1 Å². The number of nitrogens with one attached hydrogen (secondary N) is 1. The molecular weight excluding hydrogens is 489 g/mol. The molecule has 1 aromatic rings. The van der Waals surface area contributed by atoms with Crippen molar-refractivity contribution in [3.63, 3.8) is 0 Å². The van der Waals surface area contributed by atoms with Crippen LogP contribution in [0.15, 0.2) is 23.3 Å². The van der Waals surface area contributed by atoms with Gasteiger partial charge in [0.2, 0.25) is 5.78 Å². The van der Waals surface area contributed by atoms with Gasteiger partial charge in [-0.3, -0.25) is 19.4 Å². The first-order chi connectivity index (χ1) is 14.6. The highest BCUT2D eigenvalue weighted by Gasteiger charge is 2.68. The van der Waals surface area contributed by atoms with E-state index in [0.29, 0.717) is 0 Å². The Hall–Kier alpha value is -0.760. The van der Waals surface area contributed by atoms with Crippen LogP contribution in [0, 0.1) is 0 Å². The molecular formula is C18H26Cl2N2O7P2. The largest absolute Gasteiger partial charge is 0.370 e. The van der Waals surface area contributed by atoms with Crippen LogP contribution in [0.5, 0.6) is 0 Å². The van der Waals surface area contributed by atoms with E-state index < -0.39 is 32.4 Å². The Balaban J connectivity index is 2.61. The zero-order valence-electron chi connectivity index (χ0n) is 17.7. The molecule has 1 N–H and O–H groups in total. The normalized spacial score (nSPS) is 16.1. The molecule has 2 rings (SSSR count). The van der Waals surface area contributed by atoms with Crippen molar-refractivity contribution < 1.29 is 32.0 Å². The molecule has 1 aliphatic heterocycles. The number of hydrazone groups is 1. The highest BCUT2D eigenvalue weighted by atomic mass is 35.5. The number of benzene rings is 1. The predicted molar refractivity (Wildman–Crippen MR) is 120 cm³/mol. The molecule has 0 atom stereocenters. The summed E-state index contributed by atoms with van der Waals surface area (Å²) in [6.45, 7) is 6.37. The molecule has 0 unspecified atom stereocenters. The number of hydrogen-bond donors (Lipinski definition) is 1. The molecule has 1 aliphatic rings. The van der Waals surface area contributed by atoms with E-state index in [1.807, 2.05) is 0 Å². The quantitative estimate of drug-likeness (QED) is 0.278. The van der Waals surface area contributed by atoms with E-state index in [9.17, 15) is 13.9 Å². The second kappa shape index (κ2) is 10.9. The SMILES string of the molecule is CCOP(=O)(OCC)C1(P(=O)(OCC)OCC)CC(C(=O)c2c(Cl)cccc2Cl)=NN1. The van der Waals surface area contributed by atoms with Crippen molar-refractivity contribution in [1.29, 1.82) is 0 Å². The van der Waals surface area contributed by atoms with Gasteiger partial charge in [-0.2, -0.15) is 5.10 Å². The van der Waals surface area contributed by atoms with Crippen LogP contribution >= 0.6 is 38.4 Å². The average Bonchev–Trinajstić information content (AvgIpc) is 3.16. The van der Waals surface area contributed by atoms with Gasteiger partial charge in [0.1, 0.15) is 5.71 Å². The van der Waals surface area contributed by atoms with E-state index in [0.717, 1.165) is 0 Å². The third-order valence-electron chi connectivity index (χ3n) is 4.34. The number of ketones is 1. The molecule has 0 aliphatic carbocycles. The Bertz CT molecular complexity index is 871. The van der Waals surface area contributed by atoms with Gasteiger partial charge in [0.15, 0.2) is 0 Å². The second-order valence-corrected chi connectivity index (χ2v) is 12.0. The molecule has 0 saturated heterocycles. The van der Waals surface area contributed by atoms with Crippen molar-refractivity contribution in [2.45, 2.75) is 39.1 Å². The fourth-order valence-corrected chi connectivity index (χ4v) is 8.96. The number of hydrogen-bond acceptors (Lipinski definition) is 9. The minimum Gasteiger partial charge on any atom is -0.307 e. The number of Topliss-reactive ketones (excluding diaryl/α,β-unsaturated/α-hetero) is 1. The molecule has 31 heavy (non-hydrogen) atoms. The van der Waals surface area contributed by atoms with Crippen LogP contribution in [0.25, 0.3) is 0 Å². The molecule has 0 radical (unpaired) electrons. The van der Waals surface area contributed by atoms with Crippen molar-refractivity contribution in [2.24, 2.45) is 5.10 Å². The van der Waals surface area contributed by atoms with Crippen molar-refractivity contribution in [1.82, 2.24) is 5.43 Å². The lowest BCUT2D eigenvalue weighted by Gasteiger charge is -2.38. The van der Waals surface area contributed by atoms with Gasteiger partial charge in [0.25, 0.3) is 5.02 Å². The van der Waals surface area contributed by atoms with Gasteiger partial charge in [-0.1, -0.05) is 29.3 Å². The number of carbonyl (C=O) groups excluding carboxylic acids is 1. The van der Waals surface area contributed by atoms with Crippen LogP contribution in [-0.4, -0.2) is 42.9 Å². The summed E-state index contributed by atoms with van der Waals surface area (Å²) in [4.78, 5) is 13.2. The predicted octanol–water partition coefficient (Wildman–Crippen LogP) is 5.71. The van der Waals surface area contributed by atoms with E-state index >= 15 is 0 Å². The lowest BCUT2D eigenvalue weighted by Crippen LogP contribution is -2.42. The summed E-state index contributed by atoms with van der Waals surface area (Å²) < 4.78 is 49.7. The average molecular weight is 515 g/mol. The monoisotopic (exact) mass is 514 g/mol. The van der Waals surface area contributed by atoms with Crippen LogP contribution in [-0.2, 0) is 27.2 Å². The summed E-state index contributed by atoms with van der Waals surface area (Å²) in [5.74, 6) is -0.621. The van der Waals surface area contributed by atoms with Gasteiger partial charge in [-0.05, 0) is 39.8 Å².